The predicted molar refractivity (Wildman–Crippen MR) is 352 cm³/mol. The number of carbonyl (C=O) groups is 10. The lowest BCUT2D eigenvalue weighted by atomic mass is 10.00. The zero-order chi connectivity index (χ0) is 68.8. The van der Waals surface area contributed by atoms with E-state index in [1.54, 1.807) is 42.2 Å². The second-order valence-electron chi connectivity index (χ2n) is 24.3. The molecular weight excluding hydrogens is 1240 g/mol. The van der Waals surface area contributed by atoms with Gasteiger partial charge in [0.15, 0.2) is 5.96 Å². The van der Waals surface area contributed by atoms with Crippen molar-refractivity contribution < 1.29 is 58.2 Å². The number of benzene rings is 3. The first-order chi connectivity index (χ1) is 46.2. The number of H-pyrrole nitrogens is 2. The molecule has 0 spiro atoms. The Balaban J connectivity index is 1.07. The van der Waals surface area contributed by atoms with Crippen LogP contribution in [-0.4, -0.2) is 185 Å². The fourth-order valence-corrected chi connectivity index (χ4v) is 11.7. The molecular formula is C66H86N18O12. The Morgan fingerprint density at radius 3 is 1.95 bits per heavy atom. The molecule has 9 atom stereocenters. The molecule has 10 amide bonds. The lowest BCUT2D eigenvalue weighted by Crippen LogP contribution is -2.61. The SMILES string of the molecule is CCNC(=O)[C@@H]1CCCN1C(=O)[C@H](CCCN=C(N)N)NC(=O)[C@H](CC(C)C)NC(=O)[C@H](Cc1cncn1Cc1ccccc1)NC(=O)[C@H](Cc1ccc(O)cc1)NC(=O)[C@H](CO)NC(=O)[C@H](Cc1c[nH]c2ccccc12)NC(=O)[C@H](Cc1cnc[nH]1)NC(=O)[C@@H]1CCC(=O)N1. The van der Waals surface area contributed by atoms with Crippen molar-refractivity contribution in [1.29, 1.82) is 0 Å². The number of nitrogens with two attached hydrogens (primary N) is 2. The van der Waals surface area contributed by atoms with E-state index < -0.39 is 108 Å². The molecule has 2 saturated heterocycles. The van der Waals surface area contributed by atoms with Crippen molar-refractivity contribution in [3.8, 4) is 5.75 Å². The third kappa shape index (κ3) is 20.2. The number of hydrogen-bond acceptors (Lipinski definition) is 15. The van der Waals surface area contributed by atoms with Gasteiger partial charge in [0.1, 0.15) is 60.1 Å². The van der Waals surface area contributed by atoms with Crippen molar-refractivity contribution in [1.82, 2.24) is 77.3 Å². The number of aliphatic hydroxyl groups is 1. The van der Waals surface area contributed by atoms with E-state index in [0.717, 1.165) is 5.56 Å². The molecule has 0 radical (unpaired) electrons. The van der Waals surface area contributed by atoms with Gasteiger partial charge >= 0.3 is 0 Å². The molecule has 2 aliphatic rings. The summed E-state index contributed by atoms with van der Waals surface area (Å²) in [6, 6.07) is 10.4. The average molecular weight is 1320 g/mol. The van der Waals surface area contributed by atoms with Gasteiger partial charge in [0.05, 0.1) is 19.3 Å². The van der Waals surface area contributed by atoms with Crippen molar-refractivity contribution in [2.75, 3.05) is 26.2 Å². The first-order valence-corrected chi connectivity index (χ1v) is 32.2. The Morgan fingerprint density at radius 2 is 1.30 bits per heavy atom. The highest BCUT2D eigenvalue weighted by Crippen LogP contribution is 2.23. The summed E-state index contributed by atoms with van der Waals surface area (Å²) < 4.78 is 1.77. The number of likely N-dealkylation sites (tertiary alicyclic amines) is 1. The first-order valence-electron chi connectivity index (χ1n) is 32.2. The monoisotopic (exact) mass is 1320 g/mol. The summed E-state index contributed by atoms with van der Waals surface area (Å²) in [4.78, 5) is 162. The number of aromatic hydroxyl groups is 1. The summed E-state index contributed by atoms with van der Waals surface area (Å²) in [6.45, 7) is 5.41. The summed E-state index contributed by atoms with van der Waals surface area (Å²) in [6.07, 6.45) is 8.35. The highest BCUT2D eigenvalue weighted by atomic mass is 16.3. The molecule has 512 valence electrons. The van der Waals surface area contributed by atoms with Gasteiger partial charge < -0.3 is 89.0 Å². The minimum Gasteiger partial charge on any atom is -0.508 e. The van der Waals surface area contributed by atoms with Crippen molar-refractivity contribution in [3.63, 3.8) is 0 Å². The number of hydrogen-bond donors (Lipinski definition) is 15. The molecule has 0 bridgehead atoms. The van der Waals surface area contributed by atoms with Crippen LogP contribution in [0, 0.1) is 5.92 Å². The molecule has 96 heavy (non-hydrogen) atoms. The van der Waals surface area contributed by atoms with Gasteiger partial charge in [-0.2, -0.15) is 0 Å². The van der Waals surface area contributed by atoms with Gasteiger partial charge in [-0.15, -0.1) is 0 Å². The Bertz CT molecular complexity index is 3680. The molecule has 8 rings (SSSR count). The van der Waals surface area contributed by atoms with Crippen LogP contribution in [0.2, 0.25) is 0 Å². The van der Waals surface area contributed by atoms with Crippen molar-refractivity contribution in [2.45, 2.75) is 152 Å². The van der Waals surface area contributed by atoms with Crippen LogP contribution in [0.25, 0.3) is 10.9 Å². The van der Waals surface area contributed by atoms with Gasteiger partial charge in [-0.1, -0.05) is 74.5 Å². The number of likely N-dealkylation sites (N-methyl/N-ethyl adjacent to an activating group) is 1. The molecule has 17 N–H and O–H groups in total. The van der Waals surface area contributed by atoms with Crippen LogP contribution in [0.3, 0.4) is 0 Å². The zero-order valence-corrected chi connectivity index (χ0v) is 53.8. The van der Waals surface area contributed by atoms with Gasteiger partial charge in [-0.25, -0.2) is 9.97 Å². The topological polar surface area (TPSA) is 449 Å². The van der Waals surface area contributed by atoms with Crippen molar-refractivity contribution >= 4 is 75.9 Å². The van der Waals surface area contributed by atoms with Crippen LogP contribution in [-0.2, 0) is 80.2 Å². The van der Waals surface area contributed by atoms with Gasteiger partial charge in [0.2, 0.25) is 59.1 Å². The standard InChI is InChI=1S/C66H86N18O12/c1-4-71-64(95)55-17-11-25-84(55)65(96)48(16-10-24-72-66(67)68)76-58(89)49(26-38(2)3)77-62(93)53(30-43-33-70-37-83(43)34-40-12-6-5-7-13-40)81-59(90)50(27-39-18-20-44(86)21-19-39)78-63(94)54(35-85)82-60(91)51(28-41-31-73-46-15-9-8-14-45(41)46)79-61(92)52(29-42-32-69-36-74-42)80-57(88)47-22-23-56(87)75-47/h5-9,12-15,18-21,31-33,36-38,47-55,73,85-86H,4,10-11,16-17,22-30,34-35H2,1-3H3,(H,69,74)(H,71,95)(H,75,87)(H,76,89)(H,77,93)(H,78,94)(H,79,92)(H,80,88)(H,81,90)(H,82,91)(H4,67,68,72)/t47-,48-,49-,50-,51-,52-,53-,54-,55-/m0/s1. The molecule has 0 unspecified atom stereocenters. The summed E-state index contributed by atoms with van der Waals surface area (Å²) in [5, 5.41) is 46.4. The van der Waals surface area contributed by atoms with E-state index in [9.17, 15) is 48.6 Å². The van der Waals surface area contributed by atoms with Crippen LogP contribution in [0.15, 0.2) is 115 Å². The Morgan fingerprint density at radius 1 is 0.677 bits per heavy atom. The fraction of sp³-hybridized carbons (Fsp3) is 0.439. The normalized spacial score (nSPS) is 16.6. The quantitative estimate of drug-likeness (QED) is 0.0131. The lowest BCUT2D eigenvalue weighted by molar-refractivity contribution is -0.142. The molecule has 5 heterocycles. The number of rotatable bonds is 34. The van der Waals surface area contributed by atoms with Crippen molar-refractivity contribution in [2.24, 2.45) is 22.4 Å². The number of aromatic amines is 2. The van der Waals surface area contributed by atoms with Gasteiger partial charge in [0.25, 0.3) is 0 Å². The average Bonchev–Trinajstić information content (AvgIpc) is 1.29. The van der Waals surface area contributed by atoms with Crippen LogP contribution in [0.4, 0.5) is 0 Å². The van der Waals surface area contributed by atoms with E-state index in [-0.39, 0.29) is 100 Å². The maximum atomic E-state index is 15.2. The number of imidazole rings is 2. The summed E-state index contributed by atoms with van der Waals surface area (Å²) in [7, 11) is 0. The van der Waals surface area contributed by atoms with E-state index in [2.05, 4.69) is 72.8 Å². The molecule has 2 aliphatic heterocycles. The van der Waals surface area contributed by atoms with Gasteiger partial charge in [-0.3, -0.25) is 52.9 Å². The molecule has 30 nitrogen and oxygen atoms in total. The lowest BCUT2D eigenvalue weighted by Gasteiger charge is -2.30. The highest BCUT2D eigenvalue weighted by molar-refractivity contribution is 5.99. The number of nitrogens with one attached hydrogen (secondary N) is 11. The number of guanidine groups is 1. The van der Waals surface area contributed by atoms with E-state index in [4.69, 9.17) is 11.5 Å². The number of aliphatic imine (C=N–C) groups is 1. The Hall–Kier alpha value is -10.7. The number of carbonyl (C=O) groups excluding carboxylic acids is 10. The number of phenolic OH excluding ortho intramolecular Hbond substituents is 1. The van der Waals surface area contributed by atoms with E-state index >= 15 is 9.59 Å². The van der Waals surface area contributed by atoms with E-state index in [0.29, 0.717) is 59.3 Å². The molecule has 3 aromatic carbocycles. The highest BCUT2D eigenvalue weighted by Gasteiger charge is 2.40. The maximum absolute atomic E-state index is 15.2. The van der Waals surface area contributed by atoms with E-state index in [1.807, 2.05) is 50.2 Å². The van der Waals surface area contributed by atoms with Gasteiger partial charge in [-0.05, 0) is 86.3 Å². The minimum atomic E-state index is -1.80. The van der Waals surface area contributed by atoms with Crippen LogP contribution < -0.4 is 59.3 Å². The summed E-state index contributed by atoms with van der Waals surface area (Å²) in [5.41, 5.74) is 14.7. The number of nitrogens with zero attached hydrogens (tertiary/aromatic N) is 5. The number of amides is 10. The van der Waals surface area contributed by atoms with Crippen LogP contribution in [0.1, 0.15) is 93.8 Å². The van der Waals surface area contributed by atoms with E-state index in [1.165, 1.54) is 47.9 Å². The predicted octanol–water partition coefficient (Wildman–Crippen LogP) is -0.997. The molecule has 30 heteroatoms. The molecule has 3 aromatic heterocycles. The largest absolute Gasteiger partial charge is 0.508 e. The number of para-hydroxylation sites is 1. The third-order valence-electron chi connectivity index (χ3n) is 16.6. The molecule has 2 fully saturated rings. The minimum absolute atomic E-state index is 0.0497. The zero-order valence-electron chi connectivity index (χ0n) is 53.8. The maximum Gasteiger partial charge on any atom is 0.245 e. The third-order valence-corrected chi connectivity index (χ3v) is 16.6. The number of phenols is 1. The molecule has 0 saturated carbocycles. The Kier molecular flexibility index (Phi) is 25.6. The molecule has 6 aromatic rings. The number of aliphatic hydroxyl groups excluding tert-OH is 1. The molecule has 0 aliphatic carbocycles. The van der Waals surface area contributed by atoms with Gasteiger partial charge in [0, 0.05) is 99.2 Å². The number of fused-ring (bicyclic) bond motifs is 1. The van der Waals surface area contributed by atoms with Crippen molar-refractivity contribution in [3.05, 3.63) is 138 Å². The summed E-state index contributed by atoms with van der Waals surface area (Å²) >= 11 is 0. The van der Waals surface area contributed by atoms with Crippen LogP contribution in [0.5, 0.6) is 5.75 Å². The second-order valence-corrected chi connectivity index (χ2v) is 24.3. The number of aromatic nitrogens is 5. The fourth-order valence-electron chi connectivity index (χ4n) is 11.7. The van der Waals surface area contributed by atoms with Crippen LogP contribution >= 0.6 is 0 Å². The Labute approximate surface area is 554 Å². The smallest absolute Gasteiger partial charge is 0.245 e. The second kappa shape index (κ2) is 34.5. The first kappa shape index (κ1) is 71.2. The summed E-state index contributed by atoms with van der Waals surface area (Å²) in [5.74, 6) is -7.70.